The first kappa shape index (κ1) is 16.0. The van der Waals surface area contributed by atoms with Crippen LogP contribution in [-0.2, 0) is 5.41 Å². The van der Waals surface area contributed by atoms with Crippen LogP contribution < -0.4 is 10.6 Å². The number of hydrogen-bond acceptors (Lipinski definition) is 5. The molecule has 22 heavy (non-hydrogen) atoms. The number of amides is 1. The summed E-state index contributed by atoms with van der Waals surface area (Å²) in [5.74, 6) is 1.08. The number of carbonyl (C=O) groups is 1. The van der Waals surface area contributed by atoms with Crippen molar-refractivity contribution in [2.75, 3.05) is 12.4 Å². The maximum Gasteiger partial charge on any atom is 0.251 e. The summed E-state index contributed by atoms with van der Waals surface area (Å²) in [6.45, 7) is 8.04. The molecular weight excluding hydrogens is 280 g/mol. The van der Waals surface area contributed by atoms with Crippen LogP contribution in [0, 0.1) is 0 Å². The molecule has 2 aromatic rings. The van der Waals surface area contributed by atoms with Gasteiger partial charge in [-0.2, -0.15) is 4.98 Å². The lowest BCUT2D eigenvalue weighted by molar-refractivity contribution is 0.0963. The lowest BCUT2D eigenvalue weighted by Gasteiger charge is -2.13. The second-order valence-electron chi connectivity index (χ2n) is 6.23. The fraction of sp³-hybridized carbons (Fsp3) is 0.438. The van der Waals surface area contributed by atoms with Crippen molar-refractivity contribution in [3.8, 4) is 0 Å². The Morgan fingerprint density at radius 3 is 2.64 bits per heavy atom. The minimum Gasteiger partial charge on any atom is -0.374 e. The van der Waals surface area contributed by atoms with Gasteiger partial charge in [-0.1, -0.05) is 32.0 Å². The molecular formula is C16H22N4O2. The lowest BCUT2D eigenvalue weighted by atomic mass is 9.96. The van der Waals surface area contributed by atoms with Crippen LogP contribution in [0.4, 0.5) is 5.69 Å². The van der Waals surface area contributed by atoms with Gasteiger partial charge in [0.05, 0.1) is 0 Å². The maximum atomic E-state index is 11.7. The fourth-order valence-electron chi connectivity index (χ4n) is 1.92. The molecule has 1 amide bonds. The molecule has 1 heterocycles. The summed E-state index contributed by atoms with van der Waals surface area (Å²) in [5.41, 5.74) is 1.27. The third kappa shape index (κ3) is 3.63. The standard InChI is InChI=1S/C16H22N4O2/c1-10(14-19-15(20-22-14)16(2,3)4)18-12-8-6-7-11(9-12)13(21)17-5/h6-10,18H,1-5H3,(H,17,21). The highest BCUT2D eigenvalue weighted by Crippen LogP contribution is 2.23. The van der Waals surface area contributed by atoms with Crippen LogP contribution >= 0.6 is 0 Å². The van der Waals surface area contributed by atoms with Crippen LogP contribution in [0.15, 0.2) is 28.8 Å². The van der Waals surface area contributed by atoms with Gasteiger partial charge in [0.25, 0.3) is 5.91 Å². The van der Waals surface area contributed by atoms with E-state index in [9.17, 15) is 4.79 Å². The number of anilines is 1. The van der Waals surface area contributed by atoms with Gasteiger partial charge in [0, 0.05) is 23.7 Å². The first-order chi connectivity index (χ1) is 10.3. The molecule has 0 aliphatic carbocycles. The van der Waals surface area contributed by atoms with E-state index >= 15 is 0 Å². The molecule has 0 aliphatic rings. The van der Waals surface area contributed by atoms with Gasteiger partial charge in [-0.15, -0.1) is 0 Å². The second kappa shape index (κ2) is 6.17. The van der Waals surface area contributed by atoms with E-state index in [0.717, 1.165) is 5.69 Å². The van der Waals surface area contributed by atoms with Gasteiger partial charge in [-0.05, 0) is 25.1 Å². The Morgan fingerprint density at radius 2 is 2.05 bits per heavy atom. The Bertz CT molecular complexity index is 658. The zero-order valence-corrected chi connectivity index (χ0v) is 13.6. The third-order valence-electron chi connectivity index (χ3n) is 3.22. The monoisotopic (exact) mass is 302 g/mol. The Morgan fingerprint density at radius 1 is 1.32 bits per heavy atom. The first-order valence-corrected chi connectivity index (χ1v) is 7.24. The van der Waals surface area contributed by atoms with Crippen molar-refractivity contribution < 1.29 is 9.32 Å². The number of benzene rings is 1. The quantitative estimate of drug-likeness (QED) is 0.907. The molecule has 1 aromatic heterocycles. The zero-order valence-electron chi connectivity index (χ0n) is 13.6. The van der Waals surface area contributed by atoms with Gasteiger partial charge in [0.15, 0.2) is 5.82 Å². The van der Waals surface area contributed by atoms with Gasteiger partial charge in [0.1, 0.15) is 6.04 Å². The van der Waals surface area contributed by atoms with Crippen molar-refractivity contribution in [2.45, 2.75) is 39.2 Å². The van der Waals surface area contributed by atoms with Crippen molar-refractivity contribution in [3.05, 3.63) is 41.5 Å². The van der Waals surface area contributed by atoms with E-state index in [-0.39, 0.29) is 17.4 Å². The molecule has 1 aromatic carbocycles. The van der Waals surface area contributed by atoms with Gasteiger partial charge >= 0.3 is 0 Å². The van der Waals surface area contributed by atoms with Crippen LogP contribution in [0.1, 0.15) is 55.8 Å². The molecule has 1 atom stereocenters. The molecule has 0 aliphatic heterocycles. The van der Waals surface area contributed by atoms with E-state index in [0.29, 0.717) is 17.3 Å². The highest BCUT2D eigenvalue weighted by atomic mass is 16.5. The number of rotatable bonds is 4. The third-order valence-corrected chi connectivity index (χ3v) is 3.22. The molecule has 1 unspecified atom stereocenters. The Balaban J connectivity index is 2.13. The van der Waals surface area contributed by atoms with E-state index < -0.39 is 0 Å². The van der Waals surface area contributed by atoms with Crippen molar-refractivity contribution in [1.82, 2.24) is 15.5 Å². The highest BCUT2D eigenvalue weighted by molar-refractivity contribution is 5.94. The smallest absolute Gasteiger partial charge is 0.251 e. The Hall–Kier alpha value is -2.37. The largest absolute Gasteiger partial charge is 0.374 e. The minimum atomic E-state index is -0.152. The molecule has 2 rings (SSSR count). The summed E-state index contributed by atoms with van der Waals surface area (Å²) in [4.78, 5) is 16.1. The predicted molar refractivity (Wildman–Crippen MR) is 84.9 cm³/mol. The maximum absolute atomic E-state index is 11.7. The molecule has 0 fully saturated rings. The molecule has 0 bridgehead atoms. The Labute approximate surface area is 130 Å². The first-order valence-electron chi connectivity index (χ1n) is 7.24. The molecule has 0 spiro atoms. The van der Waals surface area contributed by atoms with Crippen LogP contribution in [0.3, 0.4) is 0 Å². The van der Waals surface area contributed by atoms with Gasteiger partial charge < -0.3 is 15.2 Å². The van der Waals surface area contributed by atoms with E-state index in [1.165, 1.54) is 0 Å². The zero-order chi connectivity index (χ0) is 16.3. The van der Waals surface area contributed by atoms with Crippen molar-refractivity contribution >= 4 is 11.6 Å². The van der Waals surface area contributed by atoms with E-state index in [2.05, 4.69) is 20.8 Å². The highest BCUT2D eigenvalue weighted by Gasteiger charge is 2.23. The van der Waals surface area contributed by atoms with Crippen molar-refractivity contribution in [1.29, 1.82) is 0 Å². The number of nitrogens with one attached hydrogen (secondary N) is 2. The molecule has 118 valence electrons. The SMILES string of the molecule is CNC(=O)c1cccc(NC(C)c2nc(C(C)(C)C)no2)c1. The summed E-state index contributed by atoms with van der Waals surface area (Å²) in [6, 6.07) is 7.12. The molecule has 0 radical (unpaired) electrons. The fourth-order valence-corrected chi connectivity index (χ4v) is 1.92. The van der Waals surface area contributed by atoms with E-state index in [4.69, 9.17) is 4.52 Å². The summed E-state index contributed by atoms with van der Waals surface area (Å²) < 4.78 is 5.32. The van der Waals surface area contributed by atoms with Crippen molar-refractivity contribution in [2.24, 2.45) is 0 Å². The average molecular weight is 302 g/mol. The van der Waals surface area contributed by atoms with Crippen LogP contribution in [0.2, 0.25) is 0 Å². The van der Waals surface area contributed by atoms with Crippen LogP contribution in [0.25, 0.3) is 0 Å². The second-order valence-corrected chi connectivity index (χ2v) is 6.23. The molecule has 0 saturated heterocycles. The van der Waals surface area contributed by atoms with E-state index in [1.807, 2.05) is 39.8 Å². The topological polar surface area (TPSA) is 80.0 Å². The summed E-state index contributed by atoms with van der Waals surface area (Å²) in [6.07, 6.45) is 0. The number of aromatic nitrogens is 2. The minimum absolute atomic E-state index is 0.121. The summed E-state index contributed by atoms with van der Waals surface area (Å²) >= 11 is 0. The summed E-state index contributed by atoms with van der Waals surface area (Å²) in [5, 5.41) is 9.89. The average Bonchev–Trinajstić information content (AvgIpc) is 2.96. The van der Waals surface area contributed by atoms with Gasteiger partial charge in [0.2, 0.25) is 5.89 Å². The van der Waals surface area contributed by atoms with Crippen LogP contribution in [0.5, 0.6) is 0 Å². The molecule has 0 saturated carbocycles. The summed E-state index contributed by atoms with van der Waals surface area (Å²) in [7, 11) is 1.61. The Kier molecular flexibility index (Phi) is 4.49. The predicted octanol–water partition coefficient (Wildman–Crippen LogP) is 2.90. The van der Waals surface area contributed by atoms with E-state index in [1.54, 1.807) is 19.2 Å². The molecule has 6 nitrogen and oxygen atoms in total. The molecule has 6 heteroatoms. The van der Waals surface area contributed by atoms with Gasteiger partial charge in [-0.25, -0.2) is 0 Å². The van der Waals surface area contributed by atoms with Crippen LogP contribution in [-0.4, -0.2) is 23.1 Å². The number of carbonyl (C=O) groups excluding carboxylic acids is 1. The molecule has 2 N–H and O–H groups in total. The number of nitrogens with zero attached hydrogens (tertiary/aromatic N) is 2. The van der Waals surface area contributed by atoms with Gasteiger partial charge in [-0.3, -0.25) is 4.79 Å². The number of hydrogen-bond donors (Lipinski definition) is 2. The van der Waals surface area contributed by atoms with Crippen molar-refractivity contribution in [3.63, 3.8) is 0 Å². The lowest BCUT2D eigenvalue weighted by Crippen LogP contribution is -2.18. The normalized spacial score (nSPS) is 12.8.